The number of carbonyl (C=O) groups is 2. The summed E-state index contributed by atoms with van der Waals surface area (Å²) in [5.41, 5.74) is 2.04. The van der Waals surface area contributed by atoms with E-state index in [9.17, 15) is 9.59 Å². The third kappa shape index (κ3) is 4.56. The van der Waals surface area contributed by atoms with E-state index in [0.29, 0.717) is 25.7 Å². The molecule has 0 saturated carbocycles. The fourth-order valence-electron chi connectivity index (χ4n) is 4.48. The molecule has 2 heterocycles. The highest BCUT2D eigenvalue weighted by Gasteiger charge is 2.39. The van der Waals surface area contributed by atoms with Gasteiger partial charge in [0.05, 0.1) is 5.41 Å². The predicted octanol–water partition coefficient (Wildman–Crippen LogP) is 2.50. The van der Waals surface area contributed by atoms with Crippen LogP contribution in [0.1, 0.15) is 49.7 Å². The maximum atomic E-state index is 12.6. The number of nitrogens with one attached hydrogen (secondary N) is 1. The van der Waals surface area contributed by atoms with Gasteiger partial charge in [-0.15, -0.1) is 0 Å². The highest BCUT2D eigenvalue weighted by atomic mass is 16.5. The second kappa shape index (κ2) is 9.25. The first kappa shape index (κ1) is 20.4. The Morgan fingerprint density at radius 1 is 1.32 bits per heavy atom. The first-order valence-electron chi connectivity index (χ1n) is 10.2. The average molecular weight is 383 g/mol. The Bertz CT molecular complexity index is 772. The van der Waals surface area contributed by atoms with Crippen LogP contribution < -0.4 is 5.32 Å². The highest BCUT2D eigenvalue weighted by Crippen LogP contribution is 2.36. The largest absolute Gasteiger partial charge is 0.381 e. The normalized spacial score (nSPS) is 21.4. The lowest BCUT2D eigenvalue weighted by molar-refractivity contribution is -0.136. The molecule has 2 aliphatic heterocycles. The number of piperidine rings is 1. The third-order valence-corrected chi connectivity index (χ3v) is 6.06. The second-order valence-corrected chi connectivity index (χ2v) is 7.86. The summed E-state index contributed by atoms with van der Waals surface area (Å²) in [6, 6.07) is 8.56. The molecule has 0 aromatic heterocycles. The molecule has 2 amide bonds. The van der Waals surface area contributed by atoms with Crippen molar-refractivity contribution in [1.29, 1.82) is 0 Å². The molecule has 2 fully saturated rings. The average Bonchev–Trinajstić information content (AvgIpc) is 2.74. The number of hydrogen-bond donors (Lipinski definition) is 1. The fourth-order valence-corrected chi connectivity index (χ4v) is 4.48. The lowest BCUT2D eigenvalue weighted by atomic mass is 9.74. The molecule has 2 saturated heterocycles. The van der Waals surface area contributed by atoms with Crippen LogP contribution in [0.5, 0.6) is 0 Å². The van der Waals surface area contributed by atoms with Crippen LogP contribution >= 0.6 is 0 Å². The van der Waals surface area contributed by atoms with Crippen LogP contribution in [0.4, 0.5) is 0 Å². The van der Waals surface area contributed by atoms with E-state index in [0.717, 1.165) is 38.6 Å². The van der Waals surface area contributed by atoms with Crippen LogP contribution in [-0.4, -0.2) is 50.1 Å². The summed E-state index contributed by atoms with van der Waals surface area (Å²) < 4.78 is 5.50. The Hall–Kier alpha value is -2.32. The Kier molecular flexibility index (Phi) is 6.74. The summed E-state index contributed by atoms with van der Waals surface area (Å²) in [7, 11) is 1.71. The van der Waals surface area contributed by atoms with E-state index in [2.05, 4.69) is 41.4 Å². The monoisotopic (exact) mass is 382 g/mol. The number of amides is 2. The molecule has 1 N–H and O–H groups in total. The molecule has 1 aromatic rings. The number of nitrogens with zero attached hydrogens (tertiary/aromatic N) is 1. The summed E-state index contributed by atoms with van der Waals surface area (Å²) in [6.45, 7) is 4.45. The van der Waals surface area contributed by atoms with E-state index in [1.54, 1.807) is 14.0 Å². The molecule has 3 rings (SSSR count). The van der Waals surface area contributed by atoms with Gasteiger partial charge in [-0.1, -0.05) is 30.2 Å². The van der Waals surface area contributed by atoms with E-state index in [4.69, 9.17) is 4.74 Å². The van der Waals surface area contributed by atoms with Crippen LogP contribution in [0, 0.1) is 17.3 Å². The zero-order valence-corrected chi connectivity index (χ0v) is 16.9. The topological polar surface area (TPSA) is 58.6 Å². The van der Waals surface area contributed by atoms with Crippen molar-refractivity contribution < 1.29 is 14.3 Å². The van der Waals surface area contributed by atoms with E-state index in [1.807, 2.05) is 4.90 Å². The molecule has 150 valence electrons. The number of benzene rings is 1. The first-order chi connectivity index (χ1) is 13.6. The molecule has 0 spiro atoms. The van der Waals surface area contributed by atoms with Crippen molar-refractivity contribution in [3.05, 3.63) is 35.4 Å². The molecule has 0 bridgehead atoms. The van der Waals surface area contributed by atoms with E-state index >= 15 is 0 Å². The predicted molar refractivity (Wildman–Crippen MR) is 109 cm³/mol. The van der Waals surface area contributed by atoms with Gasteiger partial charge in [0.2, 0.25) is 5.91 Å². The third-order valence-electron chi connectivity index (χ3n) is 6.06. The molecule has 0 radical (unpaired) electrons. The second-order valence-electron chi connectivity index (χ2n) is 7.86. The Morgan fingerprint density at radius 3 is 2.82 bits per heavy atom. The number of hydrogen-bond acceptors (Lipinski definition) is 3. The van der Waals surface area contributed by atoms with Crippen LogP contribution in [-0.2, 0) is 20.7 Å². The minimum atomic E-state index is -0.392. The number of rotatable bonds is 4. The van der Waals surface area contributed by atoms with Gasteiger partial charge in [0.1, 0.15) is 0 Å². The van der Waals surface area contributed by atoms with Crippen LogP contribution in [0.15, 0.2) is 24.3 Å². The quantitative estimate of drug-likeness (QED) is 0.814. The maximum Gasteiger partial charge on any atom is 0.298 e. The minimum Gasteiger partial charge on any atom is -0.381 e. The van der Waals surface area contributed by atoms with Crippen molar-refractivity contribution in [2.75, 3.05) is 33.4 Å². The van der Waals surface area contributed by atoms with Crippen molar-refractivity contribution in [3.63, 3.8) is 0 Å². The van der Waals surface area contributed by atoms with E-state index < -0.39 is 5.41 Å². The van der Waals surface area contributed by atoms with Gasteiger partial charge < -0.3 is 15.0 Å². The summed E-state index contributed by atoms with van der Waals surface area (Å²) in [5, 5.41) is 2.85. The molecule has 5 heteroatoms. The van der Waals surface area contributed by atoms with E-state index in [1.165, 1.54) is 11.1 Å². The number of carbonyl (C=O) groups excluding carboxylic acids is 2. The van der Waals surface area contributed by atoms with Gasteiger partial charge in [0.15, 0.2) is 0 Å². The lowest BCUT2D eigenvalue weighted by Gasteiger charge is -2.36. The number of likely N-dealkylation sites (tertiary alicyclic amines) is 1. The zero-order valence-electron chi connectivity index (χ0n) is 16.9. The highest BCUT2D eigenvalue weighted by molar-refractivity contribution is 5.93. The van der Waals surface area contributed by atoms with E-state index in [-0.39, 0.29) is 11.8 Å². The van der Waals surface area contributed by atoms with Crippen molar-refractivity contribution in [2.45, 2.75) is 44.9 Å². The lowest BCUT2D eigenvalue weighted by Crippen LogP contribution is -2.45. The van der Waals surface area contributed by atoms with Crippen LogP contribution in [0.3, 0.4) is 0 Å². The molecule has 2 aliphatic rings. The first-order valence-corrected chi connectivity index (χ1v) is 10.2. The SMILES string of the molecule is CC#CC(=O)N1CCCC(c2cccc(CC3(C(=O)NC)CCOCC3)c2)C1. The molecule has 1 aromatic carbocycles. The summed E-state index contributed by atoms with van der Waals surface area (Å²) >= 11 is 0. The van der Waals surface area contributed by atoms with Gasteiger partial charge in [-0.3, -0.25) is 9.59 Å². The molecule has 0 aliphatic carbocycles. The maximum absolute atomic E-state index is 12.6. The van der Waals surface area contributed by atoms with Gasteiger partial charge in [-0.25, -0.2) is 0 Å². The molecule has 1 atom stereocenters. The zero-order chi connectivity index (χ0) is 20.0. The van der Waals surface area contributed by atoms with Crippen LogP contribution in [0.25, 0.3) is 0 Å². The Morgan fingerprint density at radius 2 is 2.11 bits per heavy atom. The van der Waals surface area contributed by atoms with Crippen molar-refractivity contribution in [2.24, 2.45) is 5.41 Å². The smallest absolute Gasteiger partial charge is 0.298 e. The van der Waals surface area contributed by atoms with Crippen molar-refractivity contribution in [3.8, 4) is 11.8 Å². The molecule has 1 unspecified atom stereocenters. The van der Waals surface area contributed by atoms with Gasteiger partial charge in [-0.05, 0) is 56.1 Å². The molecular weight excluding hydrogens is 352 g/mol. The summed E-state index contributed by atoms with van der Waals surface area (Å²) in [6.07, 6.45) is 4.28. The molecule has 5 nitrogen and oxygen atoms in total. The molecule has 28 heavy (non-hydrogen) atoms. The summed E-state index contributed by atoms with van der Waals surface area (Å²) in [5.74, 6) is 5.71. The standard InChI is InChI=1S/C23H30N2O3/c1-3-6-21(26)25-12-5-9-20(17-25)19-8-4-7-18(15-19)16-23(22(27)24-2)10-13-28-14-11-23/h4,7-8,15,20H,5,9-14,16-17H2,1-2H3,(H,24,27). The van der Waals surface area contributed by atoms with Gasteiger partial charge >= 0.3 is 0 Å². The van der Waals surface area contributed by atoms with Gasteiger partial charge in [0, 0.05) is 39.3 Å². The number of ether oxygens (including phenoxy) is 1. The Labute approximate surface area is 167 Å². The van der Waals surface area contributed by atoms with Crippen molar-refractivity contribution in [1.82, 2.24) is 10.2 Å². The van der Waals surface area contributed by atoms with Gasteiger partial charge in [0.25, 0.3) is 5.91 Å². The fraction of sp³-hybridized carbons (Fsp3) is 0.565. The van der Waals surface area contributed by atoms with Gasteiger partial charge in [-0.2, -0.15) is 0 Å². The van der Waals surface area contributed by atoms with Crippen molar-refractivity contribution >= 4 is 11.8 Å². The minimum absolute atomic E-state index is 0.0795. The Balaban J connectivity index is 1.76. The van der Waals surface area contributed by atoms with Crippen LogP contribution in [0.2, 0.25) is 0 Å². The summed E-state index contributed by atoms with van der Waals surface area (Å²) in [4.78, 5) is 26.6. The molecular formula is C23H30N2O3.